The predicted octanol–water partition coefficient (Wildman–Crippen LogP) is 0.570. The average Bonchev–Trinajstić information content (AvgIpc) is 2.12. The number of amides is 1. The molecule has 0 aromatic rings. The summed E-state index contributed by atoms with van der Waals surface area (Å²) in [5, 5.41) is 2.91. The van der Waals surface area contributed by atoms with Crippen molar-refractivity contribution in [2.75, 3.05) is 19.6 Å². The highest BCUT2D eigenvalue weighted by molar-refractivity contribution is 5.86. The molecule has 3 N–H and O–H groups in total. The minimum atomic E-state index is -0.463. The van der Waals surface area contributed by atoms with Crippen molar-refractivity contribution < 1.29 is 4.79 Å². The molecular formula is C12H25N3O. The molecule has 1 aliphatic rings. The van der Waals surface area contributed by atoms with Crippen LogP contribution in [-0.2, 0) is 4.79 Å². The Morgan fingerprint density at radius 2 is 2.06 bits per heavy atom. The summed E-state index contributed by atoms with van der Waals surface area (Å²) in [5.74, 6) is 0.0986. The first-order valence-electron chi connectivity index (χ1n) is 5.96. The highest BCUT2D eigenvalue weighted by atomic mass is 16.2. The van der Waals surface area contributed by atoms with Crippen LogP contribution in [0.3, 0.4) is 0 Å². The van der Waals surface area contributed by atoms with Gasteiger partial charge in [-0.05, 0) is 19.3 Å². The Kier molecular flexibility index (Phi) is 3.65. The summed E-state index contributed by atoms with van der Waals surface area (Å²) >= 11 is 0. The third-order valence-electron chi connectivity index (χ3n) is 3.51. The van der Waals surface area contributed by atoms with E-state index in [1.54, 1.807) is 0 Å². The second-order valence-corrected chi connectivity index (χ2v) is 6.13. The molecule has 0 aromatic carbocycles. The van der Waals surface area contributed by atoms with Gasteiger partial charge < -0.3 is 11.1 Å². The number of hydrogen-bond donors (Lipinski definition) is 2. The van der Waals surface area contributed by atoms with Crippen LogP contribution in [-0.4, -0.2) is 42.0 Å². The van der Waals surface area contributed by atoms with E-state index in [0.29, 0.717) is 6.54 Å². The summed E-state index contributed by atoms with van der Waals surface area (Å²) in [5.41, 5.74) is 5.51. The molecule has 0 radical (unpaired) electrons. The molecule has 1 atom stereocenters. The van der Waals surface area contributed by atoms with Crippen molar-refractivity contribution in [3.05, 3.63) is 0 Å². The number of carbonyl (C=O) groups is 1. The van der Waals surface area contributed by atoms with E-state index >= 15 is 0 Å². The lowest BCUT2D eigenvalue weighted by Gasteiger charge is -2.49. The van der Waals surface area contributed by atoms with Gasteiger partial charge in [0.25, 0.3) is 0 Å². The van der Waals surface area contributed by atoms with Crippen LogP contribution in [0.15, 0.2) is 0 Å². The molecule has 0 spiro atoms. The van der Waals surface area contributed by atoms with Crippen LogP contribution in [0.1, 0.15) is 34.6 Å². The molecule has 1 heterocycles. The predicted molar refractivity (Wildman–Crippen MR) is 66.1 cm³/mol. The van der Waals surface area contributed by atoms with Crippen molar-refractivity contribution in [1.29, 1.82) is 0 Å². The third-order valence-corrected chi connectivity index (χ3v) is 3.51. The van der Waals surface area contributed by atoms with Crippen LogP contribution in [0.4, 0.5) is 0 Å². The van der Waals surface area contributed by atoms with E-state index in [1.165, 1.54) is 0 Å². The van der Waals surface area contributed by atoms with E-state index in [4.69, 9.17) is 5.73 Å². The lowest BCUT2D eigenvalue weighted by molar-refractivity contribution is -0.139. The van der Waals surface area contributed by atoms with Crippen LogP contribution in [0.2, 0.25) is 0 Å². The van der Waals surface area contributed by atoms with Crippen LogP contribution < -0.4 is 11.1 Å². The van der Waals surface area contributed by atoms with Crippen molar-refractivity contribution in [1.82, 2.24) is 10.2 Å². The summed E-state index contributed by atoms with van der Waals surface area (Å²) in [4.78, 5) is 14.1. The summed E-state index contributed by atoms with van der Waals surface area (Å²) in [7, 11) is 0. The Hall–Kier alpha value is -0.610. The van der Waals surface area contributed by atoms with E-state index < -0.39 is 5.54 Å². The Morgan fingerprint density at radius 3 is 2.50 bits per heavy atom. The number of rotatable bonds is 2. The second kappa shape index (κ2) is 4.34. The Morgan fingerprint density at radius 1 is 1.50 bits per heavy atom. The number of nitrogens with one attached hydrogen (secondary N) is 1. The van der Waals surface area contributed by atoms with Crippen LogP contribution in [0, 0.1) is 5.41 Å². The fourth-order valence-electron chi connectivity index (χ4n) is 2.41. The van der Waals surface area contributed by atoms with Gasteiger partial charge in [0.2, 0.25) is 5.91 Å². The zero-order chi connectivity index (χ0) is 12.6. The molecule has 1 amide bonds. The summed E-state index contributed by atoms with van der Waals surface area (Å²) < 4.78 is 0. The second-order valence-electron chi connectivity index (χ2n) is 6.13. The van der Waals surface area contributed by atoms with Crippen LogP contribution in [0.5, 0.6) is 0 Å². The average molecular weight is 227 g/mol. The van der Waals surface area contributed by atoms with Gasteiger partial charge in [0.05, 0.1) is 5.54 Å². The van der Waals surface area contributed by atoms with Gasteiger partial charge in [-0.15, -0.1) is 0 Å². The largest absolute Gasteiger partial charge is 0.353 e. The van der Waals surface area contributed by atoms with Crippen molar-refractivity contribution in [2.24, 2.45) is 11.1 Å². The number of nitrogens with two attached hydrogens (primary N) is 1. The van der Waals surface area contributed by atoms with Gasteiger partial charge in [0, 0.05) is 25.7 Å². The van der Waals surface area contributed by atoms with Crippen LogP contribution >= 0.6 is 0 Å². The monoisotopic (exact) mass is 227 g/mol. The van der Waals surface area contributed by atoms with Crippen molar-refractivity contribution in [3.63, 3.8) is 0 Å². The fraction of sp³-hybridized carbons (Fsp3) is 0.917. The van der Waals surface area contributed by atoms with Gasteiger partial charge >= 0.3 is 0 Å². The zero-order valence-electron chi connectivity index (χ0n) is 11.1. The van der Waals surface area contributed by atoms with Crippen molar-refractivity contribution >= 4 is 5.91 Å². The van der Waals surface area contributed by atoms with Gasteiger partial charge in [-0.2, -0.15) is 0 Å². The molecule has 0 saturated carbocycles. The third kappa shape index (κ3) is 2.38. The Bertz CT molecular complexity index is 268. The minimum Gasteiger partial charge on any atom is -0.353 e. The van der Waals surface area contributed by atoms with E-state index in [0.717, 1.165) is 13.1 Å². The highest BCUT2D eigenvalue weighted by Gasteiger charge is 2.43. The number of carbonyl (C=O) groups excluding carboxylic acids is 1. The molecule has 1 saturated heterocycles. The Labute approximate surface area is 98.6 Å². The fourth-order valence-corrected chi connectivity index (χ4v) is 2.41. The van der Waals surface area contributed by atoms with Gasteiger partial charge in [-0.25, -0.2) is 0 Å². The molecule has 0 aliphatic carbocycles. The topological polar surface area (TPSA) is 58.4 Å². The first-order chi connectivity index (χ1) is 7.21. The standard InChI is InChI=1S/C12H25N3O/c1-11(2,3)9(8-13)15-7-6-14-10(16)12(15,4)5/h9H,6-8,13H2,1-5H3,(H,14,16). The molecule has 94 valence electrons. The first kappa shape index (κ1) is 13.5. The van der Waals surface area contributed by atoms with E-state index in [-0.39, 0.29) is 17.4 Å². The van der Waals surface area contributed by atoms with E-state index in [1.807, 2.05) is 13.8 Å². The highest BCUT2D eigenvalue weighted by Crippen LogP contribution is 2.30. The summed E-state index contributed by atoms with van der Waals surface area (Å²) in [6, 6.07) is 0.230. The molecule has 4 heteroatoms. The van der Waals surface area contributed by atoms with Crippen LogP contribution in [0.25, 0.3) is 0 Å². The number of piperazine rings is 1. The summed E-state index contributed by atoms with van der Waals surface area (Å²) in [6.07, 6.45) is 0. The van der Waals surface area contributed by atoms with Gasteiger partial charge in [0.1, 0.15) is 0 Å². The maximum atomic E-state index is 11.9. The van der Waals surface area contributed by atoms with Gasteiger partial charge in [-0.3, -0.25) is 9.69 Å². The molecule has 1 rings (SSSR count). The number of hydrogen-bond acceptors (Lipinski definition) is 3. The molecule has 1 fully saturated rings. The minimum absolute atomic E-state index is 0.0869. The smallest absolute Gasteiger partial charge is 0.240 e. The quantitative estimate of drug-likeness (QED) is 0.725. The molecule has 4 nitrogen and oxygen atoms in total. The van der Waals surface area contributed by atoms with E-state index in [2.05, 4.69) is 31.0 Å². The van der Waals surface area contributed by atoms with Crippen molar-refractivity contribution in [3.8, 4) is 0 Å². The van der Waals surface area contributed by atoms with Crippen molar-refractivity contribution in [2.45, 2.75) is 46.2 Å². The zero-order valence-corrected chi connectivity index (χ0v) is 11.1. The lowest BCUT2D eigenvalue weighted by Crippen LogP contribution is -2.67. The number of nitrogens with zero attached hydrogens (tertiary/aromatic N) is 1. The Balaban J connectivity index is 2.96. The normalized spacial score (nSPS) is 24.0. The summed E-state index contributed by atoms with van der Waals surface area (Å²) in [6.45, 7) is 12.6. The first-order valence-corrected chi connectivity index (χ1v) is 5.96. The maximum absolute atomic E-state index is 11.9. The van der Waals surface area contributed by atoms with Gasteiger partial charge in [0.15, 0.2) is 0 Å². The van der Waals surface area contributed by atoms with Gasteiger partial charge in [-0.1, -0.05) is 20.8 Å². The molecule has 0 aromatic heterocycles. The maximum Gasteiger partial charge on any atom is 0.240 e. The molecule has 0 bridgehead atoms. The lowest BCUT2D eigenvalue weighted by atomic mass is 9.82. The van der Waals surface area contributed by atoms with E-state index in [9.17, 15) is 4.79 Å². The molecule has 1 unspecified atom stereocenters. The molecular weight excluding hydrogens is 202 g/mol. The molecule has 16 heavy (non-hydrogen) atoms. The molecule has 1 aliphatic heterocycles. The SMILES string of the molecule is CC(C)(C)C(CN)N1CCNC(=O)C1(C)C.